The van der Waals surface area contributed by atoms with E-state index in [4.69, 9.17) is 5.73 Å². The fourth-order valence-electron chi connectivity index (χ4n) is 4.41. The number of aromatic nitrogens is 1. The highest BCUT2D eigenvalue weighted by molar-refractivity contribution is 6.14. The molecule has 0 saturated carbocycles. The molecule has 0 spiro atoms. The third kappa shape index (κ3) is 2.58. The highest BCUT2D eigenvalue weighted by Gasteiger charge is 2.14. The van der Waals surface area contributed by atoms with Crippen LogP contribution in [0.2, 0.25) is 0 Å². The first kappa shape index (κ1) is 16.9. The lowest BCUT2D eigenvalue weighted by molar-refractivity contribution is 1.18. The van der Waals surface area contributed by atoms with Crippen molar-refractivity contribution in [1.82, 2.24) is 4.57 Å². The van der Waals surface area contributed by atoms with Crippen molar-refractivity contribution < 1.29 is 0 Å². The number of hydrogen-bond donors (Lipinski definition) is 1. The molecular weight excluding hydrogens is 364 g/mol. The molecule has 6 rings (SSSR count). The zero-order valence-electron chi connectivity index (χ0n) is 16.4. The monoisotopic (exact) mass is 384 g/mol. The maximum absolute atomic E-state index is 5.89. The standard InChI is InChI=1S/C28H20N2/c29-23-13-10-19(11-14-23)22-12-15-25-26-16-20-6-4-5-7-21(20)17-28(26)30(27(25)18-22)24-8-2-1-3-9-24/h1-18H,29H2. The van der Waals surface area contributed by atoms with Gasteiger partial charge >= 0.3 is 0 Å². The molecule has 5 aromatic carbocycles. The maximum atomic E-state index is 5.89. The number of nitrogens with zero attached hydrogens (tertiary/aromatic N) is 1. The molecule has 142 valence electrons. The smallest absolute Gasteiger partial charge is 0.0547 e. The summed E-state index contributed by atoms with van der Waals surface area (Å²) in [5.74, 6) is 0. The number of nitrogens with two attached hydrogens (primary N) is 1. The Morgan fingerprint density at radius 3 is 1.90 bits per heavy atom. The van der Waals surface area contributed by atoms with E-state index in [1.807, 2.05) is 12.1 Å². The fraction of sp³-hybridized carbons (Fsp3) is 0. The van der Waals surface area contributed by atoms with E-state index in [1.54, 1.807) is 0 Å². The van der Waals surface area contributed by atoms with Crippen LogP contribution < -0.4 is 5.73 Å². The highest BCUT2D eigenvalue weighted by Crippen LogP contribution is 2.36. The number of para-hydroxylation sites is 1. The van der Waals surface area contributed by atoms with Crippen molar-refractivity contribution in [2.75, 3.05) is 5.73 Å². The first-order valence-corrected chi connectivity index (χ1v) is 10.2. The maximum Gasteiger partial charge on any atom is 0.0547 e. The Bertz CT molecular complexity index is 1520. The Hall–Kier alpha value is -4.04. The minimum atomic E-state index is 0.782. The van der Waals surface area contributed by atoms with Gasteiger partial charge in [0.25, 0.3) is 0 Å². The molecule has 2 N–H and O–H groups in total. The summed E-state index contributed by atoms with van der Waals surface area (Å²) in [5.41, 5.74) is 12.6. The van der Waals surface area contributed by atoms with E-state index in [0.29, 0.717) is 0 Å². The Kier molecular flexibility index (Phi) is 3.65. The van der Waals surface area contributed by atoms with Crippen molar-refractivity contribution in [2.45, 2.75) is 0 Å². The van der Waals surface area contributed by atoms with Crippen LogP contribution in [0.15, 0.2) is 109 Å². The fourth-order valence-corrected chi connectivity index (χ4v) is 4.41. The highest BCUT2D eigenvalue weighted by atomic mass is 15.0. The molecule has 0 amide bonds. The van der Waals surface area contributed by atoms with Gasteiger partial charge < -0.3 is 10.3 Å². The molecule has 1 heterocycles. The number of benzene rings is 5. The van der Waals surface area contributed by atoms with Crippen molar-refractivity contribution in [3.63, 3.8) is 0 Å². The largest absolute Gasteiger partial charge is 0.399 e. The second kappa shape index (κ2) is 6.50. The molecule has 0 fully saturated rings. The Balaban J connectivity index is 1.73. The Labute approximate surface area is 174 Å². The third-order valence-electron chi connectivity index (χ3n) is 5.89. The first-order valence-electron chi connectivity index (χ1n) is 10.2. The molecule has 30 heavy (non-hydrogen) atoms. The van der Waals surface area contributed by atoms with E-state index in [1.165, 1.54) is 49.4 Å². The molecular formula is C28H20N2. The molecule has 2 heteroatoms. The van der Waals surface area contributed by atoms with Gasteiger partial charge in [-0.15, -0.1) is 0 Å². The number of hydrogen-bond acceptors (Lipinski definition) is 1. The van der Waals surface area contributed by atoms with Gasteiger partial charge in [0.05, 0.1) is 11.0 Å². The molecule has 0 radical (unpaired) electrons. The van der Waals surface area contributed by atoms with Gasteiger partial charge in [-0.2, -0.15) is 0 Å². The van der Waals surface area contributed by atoms with E-state index in [9.17, 15) is 0 Å². The van der Waals surface area contributed by atoms with E-state index in [0.717, 1.165) is 5.69 Å². The van der Waals surface area contributed by atoms with Gasteiger partial charge in [0.2, 0.25) is 0 Å². The summed E-state index contributed by atoms with van der Waals surface area (Å²) >= 11 is 0. The SMILES string of the molecule is Nc1ccc(-c2ccc3c4cc5ccccc5cc4n(-c4ccccc4)c3c2)cc1. The summed E-state index contributed by atoms with van der Waals surface area (Å²) in [6.07, 6.45) is 0. The van der Waals surface area contributed by atoms with Crippen LogP contribution in [0.25, 0.3) is 49.4 Å². The molecule has 0 aliphatic heterocycles. The number of fused-ring (bicyclic) bond motifs is 4. The van der Waals surface area contributed by atoms with Crippen molar-refractivity contribution in [2.24, 2.45) is 0 Å². The zero-order valence-corrected chi connectivity index (χ0v) is 16.4. The second-order valence-corrected chi connectivity index (χ2v) is 7.74. The van der Waals surface area contributed by atoms with Crippen LogP contribution in [-0.2, 0) is 0 Å². The van der Waals surface area contributed by atoms with Crippen molar-refractivity contribution in [3.05, 3.63) is 109 Å². The molecule has 0 atom stereocenters. The summed E-state index contributed by atoms with van der Waals surface area (Å²) in [7, 11) is 0. The van der Waals surface area contributed by atoms with Gasteiger partial charge in [0, 0.05) is 22.1 Å². The van der Waals surface area contributed by atoms with Gasteiger partial charge in [-0.25, -0.2) is 0 Å². The van der Waals surface area contributed by atoms with Crippen LogP contribution in [-0.4, -0.2) is 4.57 Å². The van der Waals surface area contributed by atoms with Gasteiger partial charge in [0.15, 0.2) is 0 Å². The van der Waals surface area contributed by atoms with Crippen molar-refractivity contribution >= 4 is 38.3 Å². The molecule has 6 aromatic rings. The molecule has 0 saturated heterocycles. The van der Waals surface area contributed by atoms with Crippen LogP contribution >= 0.6 is 0 Å². The predicted molar refractivity (Wildman–Crippen MR) is 128 cm³/mol. The van der Waals surface area contributed by atoms with Gasteiger partial charge in [-0.3, -0.25) is 0 Å². The Morgan fingerprint density at radius 2 is 1.13 bits per heavy atom. The van der Waals surface area contributed by atoms with Crippen molar-refractivity contribution in [1.29, 1.82) is 0 Å². The summed E-state index contributed by atoms with van der Waals surface area (Å²) in [4.78, 5) is 0. The second-order valence-electron chi connectivity index (χ2n) is 7.74. The normalized spacial score (nSPS) is 11.5. The van der Waals surface area contributed by atoms with E-state index < -0.39 is 0 Å². The lowest BCUT2D eigenvalue weighted by atomic mass is 10.0. The molecule has 1 aromatic heterocycles. The van der Waals surface area contributed by atoms with Gasteiger partial charge in [-0.1, -0.05) is 66.7 Å². The number of anilines is 1. The quantitative estimate of drug-likeness (QED) is 0.315. The number of nitrogen functional groups attached to an aromatic ring is 1. The van der Waals surface area contributed by atoms with Crippen LogP contribution in [0, 0.1) is 0 Å². The summed E-state index contributed by atoms with van der Waals surface area (Å²) in [5, 5.41) is 5.05. The lowest BCUT2D eigenvalue weighted by Crippen LogP contribution is -1.93. The molecule has 0 aliphatic rings. The summed E-state index contributed by atoms with van der Waals surface area (Å²) in [6.45, 7) is 0. The average Bonchev–Trinajstić information content (AvgIpc) is 3.11. The molecule has 0 unspecified atom stereocenters. The Morgan fingerprint density at radius 1 is 0.500 bits per heavy atom. The van der Waals surface area contributed by atoms with Crippen LogP contribution in [0.4, 0.5) is 5.69 Å². The number of rotatable bonds is 2. The van der Waals surface area contributed by atoms with Gasteiger partial charge in [0.1, 0.15) is 0 Å². The zero-order chi connectivity index (χ0) is 20.1. The van der Waals surface area contributed by atoms with E-state index in [2.05, 4.69) is 102 Å². The van der Waals surface area contributed by atoms with E-state index >= 15 is 0 Å². The van der Waals surface area contributed by atoms with Crippen molar-refractivity contribution in [3.8, 4) is 16.8 Å². The minimum Gasteiger partial charge on any atom is -0.399 e. The first-order chi connectivity index (χ1) is 14.8. The predicted octanol–water partition coefficient (Wildman–Crippen LogP) is 7.19. The molecule has 0 aliphatic carbocycles. The average molecular weight is 384 g/mol. The van der Waals surface area contributed by atoms with Crippen LogP contribution in [0.3, 0.4) is 0 Å². The summed E-state index contributed by atoms with van der Waals surface area (Å²) < 4.78 is 2.37. The topological polar surface area (TPSA) is 30.9 Å². The third-order valence-corrected chi connectivity index (χ3v) is 5.89. The molecule has 0 bridgehead atoms. The molecule has 2 nitrogen and oxygen atoms in total. The minimum absolute atomic E-state index is 0.782. The van der Waals surface area contributed by atoms with Crippen LogP contribution in [0.5, 0.6) is 0 Å². The summed E-state index contributed by atoms with van der Waals surface area (Å²) in [6, 6.07) is 38.6. The lowest BCUT2D eigenvalue weighted by Gasteiger charge is -2.09. The van der Waals surface area contributed by atoms with Gasteiger partial charge in [-0.05, 0) is 64.4 Å². The van der Waals surface area contributed by atoms with Crippen LogP contribution in [0.1, 0.15) is 0 Å². The van der Waals surface area contributed by atoms with E-state index in [-0.39, 0.29) is 0 Å².